The molecular formula is C40H49ClN2O6. The van der Waals surface area contributed by atoms with Gasteiger partial charge in [-0.1, -0.05) is 37.6 Å². The summed E-state index contributed by atoms with van der Waals surface area (Å²) in [6, 6.07) is 15.9. The number of aromatic nitrogens is 1. The van der Waals surface area contributed by atoms with Crippen LogP contribution < -0.4 is 14.8 Å². The molecule has 262 valence electrons. The van der Waals surface area contributed by atoms with Gasteiger partial charge in [0.05, 0.1) is 26.4 Å². The minimum Gasteiger partial charge on any atom is -0.493 e. The number of ether oxygens (including phenoxy) is 4. The number of aliphatic carboxylic acids is 1. The van der Waals surface area contributed by atoms with Crippen LogP contribution in [0.3, 0.4) is 0 Å². The first kappa shape index (κ1) is 34.1. The smallest absolute Gasteiger partial charge is 0.329 e. The topological polar surface area (TPSA) is 99.1 Å². The van der Waals surface area contributed by atoms with E-state index in [9.17, 15) is 9.90 Å². The van der Waals surface area contributed by atoms with Crippen molar-refractivity contribution in [3.05, 3.63) is 82.1 Å². The number of fused-ring (bicyclic) bond motifs is 3. The largest absolute Gasteiger partial charge is 0.493 e. The van der Waals surface area contributed by atoms with Gasteiger partial charge in [-0.3, -0.25) is 4.98 Å². The number of hydrogen-bond acceptors (Lipinski definition) is 7. The van der Waals surface area contributed by atoms with Crippen molar-refractivity contribution in [3.63, 3.8) is 0 Å². The van der Waals surface area contributed by atoms with E-state index < -0.39 is 11.5 Å². The van der Waals surface area contributed by atoms with Gasteiger partial charge in [0.15, 0.2) is 0 Å². The normalized spacial score (nSPS) is 28.3. The fourth-order valence-electron chi connectivity index (χ4n) is 8.99. The molecule has 8 nitrogen and oxygen atoms in total. The fraction of sp³-hybridized carbons (Fsp3) is 0.550. The molecule has 2 aromatic carbocycles. The van der Waals surface area contributed by atoms with Crippen molar-refractivity contribution in [2.24, 2.45) is 11.8 Å². The van der Waals surface area contributed by atoms with Gasteiger partial charge in [0.2, 0.25) is 0 Å². The standard InChI is InChI=1S/C40H49ClN2O6/c1-26(23-49-36-11-16-42-35-8-3-5-27(2)37(35)36)19-29-20-28-9-10-32(48-25-33-24-46-17-18-47-33)22-34(28)39(29)12-14-40(15-13-39,38(44)45)43-31-7-4-6-30(41)21-31/h4,6-7,9-11,16,21-22,26-27,29,33,43H,3,5,8,12-15,17-20,23-25H2,1-2H3,(H,44,45)/t26-,27-,29+,33-,39?,40?/m1/s1. The Labute approximate surface area is 294 Å². The third-order valence-electron chi connectivity index (χ3n) is 11.6. The van der Waals surface area contributed by atoms with E-state index in [0.717, 1.165) is 49.3 Å². The molecule has 0 radical (unpaired) electrons. The molecule has 9 heteroatoms. The lowest BCUT2D eigenvalue weighted by Gasteiger charge is -2.47. The summed E-state index contributed by atoms with van der Waals surface area (Å²) in [5.74, 6) is 2.12. The molecule has 2 N–H and O–H groups in total. The molecule has 3 aromatic rings. The highest BCUT2D eigenvalue weighted by atomic mass is 35.5. The number of pyridine rings is 1. The molecule has 49 heavy (non-hydrogen) atoms. The van der Waals surface area contributed by atoms with Crippen LogP contribution in [0.4, 0.5) is 5.69 Å². The number of nitrogens with one attached hydrogen (secondary N) is 1. The number of carboxylic acid groups (broad SMARTS) is 1. The quantitative estimate of drug-likeness (QED) is 0.209. The predicted octanol–water partition coefficient (Wildman–Crippen LogP) is 7.99. The Hall–Kier alpha value is -3.33. The van der Waals surface area contributed by atoms with Gasteiger partial charge < -0.3 is 29.4 Å². The van der Waals surface area contributed by atoms with Crippen molar-refractivity contribution in [2.45, 2.75) is 94.6 Å². The van der Waals surface area contributed by atoms with E-state index in [1.165, 1.54) is 35.2 Å². The van der Waals surface area contributed by atoms with Gasteiger partial charge in [0, 0.05) is 28.2 Å². The van der Waals surface area contributed by atoms with Crippen LogP contribution in [0.1, 0.15) is 87.1 Å². The molecule has 1 aromatic heterocycles. The molecule has 0 amide bonds. The van der Waals surface area contributed by atoms with Crippen LogP contribution in [-0.4, -0.2) is 60.7 Å². The average Bonchev–Trinajstić information content (AvgIpc) is 3.39. The van der Waals surface area contributed by atoms with Crippen LogP contribution in [0.5, 0.6) is 11.5 Å². The van der Waals surface area contributed by atoms with Crippen LogP contribution in [0.2, 0.25) is 5.02 Å². The van der Waals surface area contributed by atoms with Gasteiger partial charge in [0.25, 0.3) is 0 Å². The van der Waals surface area contributed by atoms with Crippen molar-refractivity contribution < 1.29 is 28.8 Å². The molecule has 1 saturated heterocycles. The van der Waals surface area contributed by atoms with Gasteiger partial charge >= 0.3 is 5.97 Å². The number of benzene rings is 2. The summed E-state index contributed by atoms with van der Waals surface area (Å²) < 4.78 is 24.2. The first-order chi connectivity index (χ1) is 23.7. The summed E-state index contributed by atoms with van der Waals surface area (Å²) in [7, 11) is 0. The van der Waals surface area contributed by atoms with E-state index >= 15 is 0 Å². The second kappa shape index (κ2) is 14.5. The maximum Gasteiger partial charge on any atom is 0.329 e. The van der Waals surface area contributed by atoms with Gasteiger partial charge in [0.1, 0.15) is 29.7 Å². The van der Waals surface area contributed by atoms with E-state index in [0.29, 0.717) is 68.7 Å². The second-order valence-electron chi connectivity index (χ2n) is 14.9. The second-order valence-corrected chi connectivity index (χ2v) is 15.3. The molecule has 4 aliphatic rings. The predicted molar refractivity (Wildman–Crippen MR) is 190 cm³/mol. The first-order valence-electron chi connectivity index (χ1n) is 18.1. The third kappa shape index (κ3) is 7.15. The molecule has 1 aliphatic heterocycles. The van der Waals surface area contributed by atoms with E-state index in [4.69, 9.17) is 30.5 Å². The molecule has 7 rings (SSSR count). The Balaban J connectivity index is 1.12. The van der Waals surface area contributed by atoms with Crippen LogP contribution in [0.25, 0.3) is 0 Å². The van der Waals surface area contributed by atoms with Gasteiger partial charge in [-0.25, -0.2) is 4.79 Å². The Morgan fingerprint density at radius 2 is 1.98 bits per heavy atom. The summed E-state index contributed by atoms with van der Waals surface area (Å²) in [4.78, 5) is 17.6. The zero-order valence-electron chi connectivity index (χ0n) is 28.7. The SMILES string of the molecule is C[C@@H](COc1ccnc2c1[C@H](C)CCC2)C[C@H]1Cc2ccc(OC[C@H]3COCCO3)cc2C12CCC(Nc1cccc(Cl)c1)(C(=O)O)CC2. The maximum absolute atomic E-state index is 12.9. The summed E-state index contributed by atoms with van der Waals surface area (Å²) in [6.45, 7) is 7.39. The fourth-order valence-corrected chi connectivity index (χ4v) is 9.18. The molecule has 3 aliphatic carbocycles. The molecule has 2 fully saturated rings. The van der Waals surface area contributed by atoms with Crippen molar-refractivity contribution in [3.8, 4) is 11.5 Å². The summed E-state index contributed by atoms with van der Waals surface area (Å²) >= 11 is 6.28. The lowest BCUT2D eigenvalue weighted by molar-refractivity contribution is -0.144. The lowest BCUT2D eigenvalue weighted by atomic mass is 9.59. The minimum atomic E-state index is -1.07. The Morgan fingerprint density at radius 1 is 1.12 bits per heavy atom. The van der Waals surface area contributed by atoms with E-state index in [1.807, 2.05) is 24.4 Å². The van der Waals surface area contributed by atoms with E-state index in [1.54, 1.807) is 12.1 Å². The Kier molecular flexibility index (Phi) is 10.1. The monoisotopic (exact) mass is 688 g/mol. The molecular weight excluding hydrogens is 640 g/mol. The number of nitrogens with zero attached hydrogens (tertiary/aromatic N) is 1. The highest BCUT2D eigenvalue weighted by Crippen LogP contribution is 2.57. The van der Waals surface area contributed by atoms with Crippen LogP contribution in [0.15, 0.2) is 54.7 Å². The number of anilines is 1. The van der Waals surface area contributed by atoms with Gasteiger partial charge in [-0.2, -0.15) is 0 Å². The van der Waals surface area contributed by atoms with Crippen LogP contribution >= 0.6 is 11.6 Å². The van der Waals surface area contributed by atoms with Crippen molar-refractivity contribution in [2.75, 3.05) is 38.4 Å². The minimum absolute atomic E-state index is 0.0815. The molecule has 0 unspecified atom stereocenters. The number of carboxylic acids is 1. The zero-order valence-corrected chi connectivity index (χ0v) is 29.5. The zero-order chi connectivity index (χ0) is 34.0. The summed E-state index contributed by atoms with van der Waals surface area (Å²) in [6.07, 6.45) is 9.67. The van der Waals surface area contributed by atoms with Gasteiger partial charge in [-0.05, 0) is 128 Å². The summed E-state index contributed by atoms with van der Waals surface area (Å²) in [5.41, 5.74) is 4.62. The van der Waals surface area contributed by atoms with Crippen LogP contribution in [-0.2, 0) is 32.5 Å². The molecule has 4 atom stereocenters. The maximum atomic E-state index is 12.9. The average molecular weight is 689 g/mol. The molecule has 2 heterocycles. The van der Waals surface area contributed by atoms with Crippen molar-refractivity contribution >= 4 is 23.3 Å². The van der Waals surface area contributed by atoms with Crippen molar-refractivity contribution in [1.82, 2.24) is 4.98 Å². The van der Waals surface area contributed by atoms with E-state index in [2.05, 4.69) is 42.3 Å². The Morgan fingerprint density at radius 3 is 2.76 bits per heavy atom. The number of halogens is 1. The number of carbonyl (C=O) groups is 1. The Bertz CT molecular complexity index is 1630. The molecule has 1 spiro atoms. The third-order valence-corrected chi connectivity index (χ3v) is 11.8. The van der Waals surface area contributed by atoms with Gasteiger partial charge in [-0.15, -0.1) is 0 Å². The molecule has 0 bridgehead atoms. The summed E-state index contributed by atoms with van der Waals surface area (Å²) in [5, 5.41) is 14.6. The number of hydrogen-bond donors (Lipinski definition) is 2. The number of aryl methyl sites for hydroxylation is 1. The highest BCUT2D eigenvalue weighted by molar-refractivity contribution is 6.30. The number of rotatable bonds is 11. The van der Waals surface area contributed by atoms with Crippen LogP contribution in [0, 0.1) is 11.8 Å². The molecule has 1 saturated carbocycles. The van der Waals surface area contributed by atoms with E-state index in [-0.39, 0.29) is 11.5 Å². The van der Waals surface area contributed by atoms with Crippen molar-refractivity contribution in [1.29, 1.82) is 0 Å². The first-order valence-corrected chi connectivity index (χ1v) is 18.5. The lowest BCUT2D eigenvalue weighted by Crippen LogP contribution is -2.53. The highest BCUT2D eigenvalue weighted by Gasteiger charge is 2.54.